The molecule has 10 heteroatoms. The van der Waals surface area contributed by atoms with Crippen molar-refractivity contribution in [3.63, 3.8) is 0 Å². The maximum absolute atomic E-state index is 13.3. The summed E-state index contributed by atoms with van der Waals surface area (Å²) in [4.78, 5) is 8.13. The van der Waals surface area contributed by atoms with Crippen molar-refractivity contribution in [1.29, 1.82) is 0 Å². The zero-order chi connectivity index (χ0) is 24.2. The molecule has 33 heavy (non-hydrogen) atoms. The monoisotopic (exact) mass is 465 g/mol. The molecule has 1 aromatic rings. The second-order valence-electron chi connectivity index (χ2n) is 10.3. The first-order valence-corrected chi connectivity index (χ1v) is 11.4. The van der Waals surface area contributed by atoms with Crippen molar-refractivity contribution in [3.8, 4) is 0 Å². The lowest BCUT2D eigenvalue weighted by Crippen LogP contribution is -2.41. The van der Waals surface area contributed by atoms with Gasteiger partial charge in [-0.15, -0.1) is 0 Å². The van der Waals surface area contributed by atoms with Gasteiger partial charge in [-0.3, -0.25) is 0 Å². The fraction of sp³-hybridized carbons (Fsp3) is 0.696. The zero-order valence-corrected chi connectivity index (χ0v) is 19.9. The fourth-order valence-electron chi connectivity index (χ4n) is 4.25. The predicted octanol–water partition coefficient (Wildman–Crippen LogP) is 5.21. The van der Waals surface area contributed by atoms with Crippen LogP contribution in [0.15, 0.2) is 23.0 Å². The Bertz CT molecular complexity index is 971. The van der Waals surface area contributed by atoms with Crippen LogP contribution >= 0.6 is 0 Å². The first kappa shape index (κ1) is 24.3. The molecule has 2 fully saturated rings. The van der Waals surface area contributed by atoms with Crippen molar-refractivity contribution in [2.24, 2.45) is 22.7 Å². The Labute approximate surface area is 193 Å². The molecule has 0 spiro atoms. The molecule has 0 aromatic carbocycles. The van der Waals surface area contributed by atoms with Crippen LogP contribution in [0.3, 0.4) is 0 Å². The number of alkyl halides is 3. The van der Waals surface area contributed by atoms with Gasteiger partial charge in [0.1, 0.15) is 12.4 Å². The Morgan fingerprint density at radius 3 is 2.30 bits per heavy atom. The van der Waals surface area contributed by atoms with E-state index < -0.39 is 30.2 Å². The summed E-state index contributed by atoms with van der Waals surface area (Å²) in [5.41, 5.74) is 1.23. The predicted molar refractivity (Wildman–Crippen MR) is 119 cm³/mol. The van der Waals surface area contributed by atoms with Crippen LogP contribution in [-0.4, -0.2) is 40.7 Å². The highest BCUT2D eigenvalue weighted by Gasteiger charge is 2.53. The lowest BCUT2D eigenvalue weighted by atomic mass is 9.72. The first-order chi connectivity index (χ1) is 15.3. The molecule has 0 radical (unpaired) electrons. The van der Waals surface area contributed by atoms with Gasteiger partial charge in [0.25, 0.3) is 0 Å². The first-order valence-electron chi connectivity index (χ1n) is 11.4. The number of allylic oxidation sites excluding steroid dienone is 1. The molecule has 1 aromatic heterocycles. The number of rotatable bonds is 7. The molecule has 180 valence electrons. The Hall–Kier alpha value is -1.87. The Kier molecular flexibility index (Phi) is 6.19. The smallest absolute Gasteiger partial charge is 0.403 e. The van der Waals surface area contributed by atoms with Crippen molar-refractivity contribution < 1.29 is 27.2 Å². The second kappa shape index (κ2) is 8.41. The largest absolute Gasteiger partial charge is 0.471 e. The molecule has 3 unspecified atom stereocenters. The van der Waals surface area contributed by atoms with E-state index in [-0.39, 0.29) is 24.1 Å². The Balaban J connectivity index is 1.49. The van der Waals surface area contributed by atoms with Crippen LogP contribution in [0.1, 0.15) is 59.5 Å². The van der Waals surface area contributed by atoms with Gasteiger partial charge in [-0.05, 0) is 57.9 Å². The van der Waals surface area contributed by atoms with Gasteiger partial charge in [0.05, 0.1) is 17.0 Å². The molecular formula is C23H31BF3N3O3. The van der Waals surface area contributed by atoms with Crippen LogP contribution in [0.2, 0.25) is 5.82 Å². The third-order valence-corrected chi connectivity index (χ3v) is 7.52. The average molecular weight is 465 g/mol. The van der Waals surface area contributed by atoms with Crippen LogP contribution in [0.4, 0.5) is 13.2 Å². The van der Waals surface area contributed by atoms with Crippen LogP contribution in [-0.2, 0) is 27.0 Å². The van der Waals surface area contributed by atoms with E-state index in [1.54, 1.807) is 12.3 Å². The molecule has 4 rings (SSSR count). The summed E-state index contributed by atoms with van der Waals surface area (Å²) >= 11 is 0. The summed E-state index contributed by atoms with van der Waals surface area (Å²) < 4.78 is 59.1. The number of ether oxygens (including phenoxy) is 1. The number of nitrogens with zero attached hydrogens (tertiary/aromatic N) is 3. The van der Waals surface area contributed by atoms with Gasteiger partial charge in [-0.2, -0.15) is 13.2 Å². The molecule has 0 bridgehead atoms. The van der Waals surface area contributed by atoms with Crippen LogP contribution in [0.5, 0.6) is 0 Å². The molecule has 0 N–H and O–H groups in total. The number of aromatic nitrogens is 2. The molecule has 3 aliphatic rings. The maximum atomic E-state index is 13.3. The minimum atomic E-state index is -4.56. The summed E-state index contributed by atoms with van der Waals surface area (Å²) in [5, 5.41) is 0. The third-order valence-electron chi connectivity index (χ3n) is 7.52. The molecule has 1 saturated heterocycles. The molecule has 1 saturated carbocycles. The minimum absolute atomic E-state index is 0.0325. The fourth-order valence-corrected chi connectivity index (χ4v) is 4.25. The number of aliphatic imine (C=N–C) groups is 1. The van der Waals surface area contributed by atoms with Crippen LogP contribution in [0.25, 0.3) is 5.70 Å². The average Bonchev–Trinajstić information content (AvgIpc) is 3.04. The lowest BCUT2D eigenvalue weighted by Gasteiger charge is -2.32. The van der Waals surface area contributed by atoms with Gasteiger partial charge >= 0.3 is 13.3 Å². The van der Waals surface area contributed by atoms with E-state index in [1.165, 1.54) is 4.57 Å². The van der Waals surface area contributed by atoms with E-state index in [4.69, 9.17) is 14.0 Å². The standard InChI is InChI=1S/C23H31BF3N3O3/c1-14-15(2)17(14)9-10-31-13-30-12-19(23(25,26)27)29-20(30)18-8-7-16(11-28-18)24-32-21(3,4)22(5,6)33-24/h7,11-12,14-17H,9-10,13H2,1-6H3. The number of hydrogen-bond donors (Lipinski definition) is 0. The summed E-state index contributed by atoms with van der Waals surface area (Å²) in [6.07, 6.45) is 0.606. The van der Waals surface area contributed by atoms with E-state index >= 15 is 0 Å². The van der Waals surface area contributed by atoms with Gasteiger partial charge in [0.2, 0.25) is 0 Å². The summed E-state index contributed by atoms with van der Waals surface area (Å²) in [6, 6.07) is 0. The topological polar surface area (TPSA) is 57.9 Å². The van der Waals surface area contributed by atoms with Crippen molar-refractivity contribution in [2.75, 3.05) is 6.61 Å². The van der Waals surface area contributed by atoms with Gasteiger partial charge in [-0.25, -0.2) is 9.98 Å². The van der Waals surface area contributed by atoms with E-state index in [9.17, 15) is 13.2 Å². The molecule has 0 amide bonds. The van der Waals surface area contributed by atoms with Gasteiger partial charge in [-0.1, -0.05) is 19.6 Å². The molecule has 2 aliphatic heterocycles. The van der Waals surface area contributed by atoms with Crippen molar-refractivity contribution >= 4 is 19.0 Å². The maximum Gasteiger partial charge on any atom is 0.471 e. The number of imidazole rings is 1. The van der Waals surface area contributed by atoms with Crippen molar-refractivity contribution in [2.45, 2.75) is 77.9 Å². The molecule has 3 atom stereocenters. The Morgan fingerprint density at radius 2 is 1.79 bits per heavy atom. The third kappa shape index (κ3) is 4.85. The highest BCUT2D eigenvalue weighted by molar-refractivity contribution is 6.52. The van der Waals surface area contributed by atoms with Crippen LogP contribution in [0, 0.1) is 17.8 Å². The SMILES string of the molecule is CC1C(C)C1CCOCn1cc(C(F)(F)F)nc1C1=C=CC(B2OC(C)(C)C(C)(C)O2)C=N1. The summed E-state index contributed by atoms with van der Waals surface area (Å²) in [7, 11) is -0.547. The molecule has 1 aliphatic carbocycles. The summed E-state index contributed by atoms with van der Waals surface area (Å²) in [5.74, 6) is 1.74. The summed E-state index contributed by atoms with van der Waals surface area (Å²) in [6.45, 7) is 12.7. The highest BCUT2D eigenvalue weighted by Crippen LogP contribution is 2.47. The number of halogens is 3. The lowest BCUT2D eigenvalue weighted by molar-refractivity contribution is -0.141. The quantitative estimate of drug-likeness (QED) is 0.315. The van der Waals surface area contributed by atoms with E-state index in [0.29, 0.717) is 24.4 Å². The highest BCUT2D eigenvalue weighted by atomic mass is 19.4. The van der Waals surface area contributed by atoms with Crippen molar-refractivity contribution in [3.05, 3.63) is 29.5 Å². The van der Waals surface area contributed by atoms with Gasteiger partial charge < -0.3 is 18.6 Å². The van der Waals surface area contributed by atoms with Gasteiger partial charge in [0, 0.05) is 19.0 Å². The van der Waals surface area contributed by atoms with Crippen molar-refractivity contribution in [1.82, 2.24) is 9.55 Å². The second-order valence-corrected chi connectivity index (χ2v) is 10.3. The van der Waals surface area contributed by atoms with Crippen LogP contribution < -0.4 is 0 Å². The normalized spacial score (nSPS) is 30.1. The molecule has 3 heterocycles. The molecular weight excluding hydrogens is 434 g/mol. The van der Waals surface area contributed by atoms with E-state index in [0.717, 1.165) is 12.6 Å². The minimum Gasteiger partial charge on any atom is -0.403 e. The van der Waals surface area contributed by atoms with E-state index in [1.807, 2.05) is 27.7 Å². The van der Waals surface area contributed by atoms with Gasteiger partial charge in [0.15, 0.2) is 11.5 Å². The molecule has 6 nitrogen and oxygen atoms in total. The van der Waals surface area contributed by atoms with E-state index in [2.05, 4.69) is 29.6 Å². The Morgan fingerprint density at radius 1 is 1.15 bits per heavy atom. The number of hydrogen-bond acceptors (Lipinski definition) is 5. The zero-order valence-electron chi connectivity index (χ0n) is 19.9.